The Hall–Kier alpha value is -2.03. The van der Waals surface area contributed by atoms with Crippen molar-refractivity contribution in [2.75, 3.05) is 40.5 Å². The number of rotatable bonds is 8. The second kappa shape index (κ2) is 11.0. The van der Waals surface area contributed by atoms with Crippen LogP contribution in [0.5, 0.6) is 0 Å². The molecule has 4 amide bonds. The summed E-state index contributed by atoms with van der Waals surface area (Å²) in [6.07, 6.45) is 1.86. The van der Waals surface area contributed by atoms with E-state index in [0.717, 1.165) is 0 Å². The third-order valence-corrected chi connectivity index (χ3v) is 4.91. The highest BCUT2D eigenvalue weighted by molar-refractivity contribution is 5.84. The first-order valence-corrected chi connectivity index (χ1v) is 9.46. The molecule has 156 valence electrons. The number of hydrogen-bond donors (Lipinski definition) is 3. The maximum Gasteiger partial charge on any atom is 0.328 e. The van der Waals surface area contributed by atoms with Crippen LogP contribution in [0.1, 0.15) is 40.0 Å². The molecule has 0 saturated carbocycles. The lowest BCUT2D eigenvalue weighted by molar-refractivity contribution is -0.144. The summed E-state index contributed by atoms with van der Waals surface area (Å²) < 4.78 is 9.97. The van der Waals surface area contributed by atoms with Crippen LogP contribution in [0.4, 0.5) is 9.59 Å². The average molecular weight is 386 g/mol. The van der Waals surface area contributed by atoms with Crippen LogP contribution in [0, 0.1) is 5.92 Å². The van der Waals surface area contributed by atoms with Crippen LogP contribution in [0.2, 0.25) is 0 Å². The van der Waals surface area contributed by atoms with E-state index in [2.05, 4.69) is 16.0 Å². The minimum Gasteiger partial charge on any atom is -0.467 e. The molecule has 0 spiro atoms. The maximum absolute atomic E-state index is 12.6. The number of hydrogen-bond acceptors (Lipinski definition) is 5. The van der Waals surface area contributed by atoms with Gasteiger partial charge < -0.3 is 30.3 Å². The Kier molecular flexibility index (Phi) is 9.34. The molecule has 1 aliphatic heterocycles. The Balaban J connectivity index is 2.75. The summed E-state index contributed by atoms with van der Waals surface area (Å²) in [5.41, 5.74) is -0.485. The van der Waals surface area contributed by atoms with Crippen LogP contribution in [0.3, 0.4) is 0 Å². The van der Waals surface area contributed by atoms with Crippen molar-refractivity contribution in [2.24, 2.45) is 5.92 Å². The number of ether oxygens (including phenoxy) is 2. The SMILES string of the molecule is CCNC(=O)N1CCC(CCOC)(NC(=O)NC(C(=O)OC)C(C)C)CC1. The number of urea groups is 2. The molecule has 0 aromatic heterocycles. The summed E-state index contributed by atoms with van der Waals surface area (Å²) in [5.74, 6) is -0.574. The van der Waals surface area contributed by atoms with Crippen LogP contribution in [0.15, 0.2) is 0 Å². The van der Waals surface area contributed by atoms with Crippen molar-refractivity contribution in [3.05, 3.63) is 0 Å². The van der Waals surface area contributed by atoms with Crippen LogP contribution in [0.25, 0.3) is 0 Å². The smallest absolute Gasteiger partial charge is 0.328 e. The first-order chi connectivity index (χ1) is 12.8. The van der Waals surface area contributed by atoms with Gasteiger partial charge >= 0.3 is 18.0 Å². The number of nitrogens with one attached hydrogen (secondary N) is 3. The van der Waals surface area contributed by atoms with Crippen LogP contribution in [-0.4, -0.2) is 75.0 Å². The summed E-state index contributed by atoms with van der Waals surface area (Å²) in [6, 6.07) is -1.22. The molecule has 1 unspecified atom stereocenters. The van der Waals surface area contributed by atoms with Crippen molar-refractivity contribution in [2.45, 2.75) is 51.6 Å². The van der Waals surface area contributed by atoms with E-state index < -0.39 is 23.6 Å². The van der Waals surface area contributed by atoms with E-state index in [0.29, 0.717) is 45.5 Å². The number of amides is 4. The molecular formula is C18H34N4O5. The Morgan fingerprint density at radius 2 is 1.78 bits per heavy atom. The van der Waals surface area contributed by atoms with Gasteiger partial charge in [-0.25, -0.2) is 14.4 Å². The fraction of sp³-hybridized carbons (Fsp3) is 0.833. The number of piperidine rings is 1. The fourth-order valence-corrected chi connectivity index (χ4v) is 3.18. The van der Waals surface area contributed by atoms with Crippen LogP contribution < -0.4 is 16.0 Å². The van der Waals surface area contributed by atoms with Gasteiger partial charge in [0.2, 0.25) is 0 Å². The monoisotopic (exact) mass is 386 g/mol. The van der Waals surface area contributed by atoms with Crippen molar-refractivity contribution in [3.8, 4) is 0 Å². The molecule has 0 bridgehead atoms. The molecule has 9 heteroatoms. The fourth-order valence-electron chi connectivity index (χ4n) is 3.18. The second-order valence-corrected chi connectivity index (χ2v) is 7.19. The predicted molar refractivity (Wildman–Crippen MR) is 101 cm³/mol. The molecule has 0 radical (unpaired) electrons. The summed E-state index contributed by atoms with van der Waals surface area (Å²) >= 11 is 0. The highest BCUT2D eigenvalue weighted by atomic mass is 16.5. The summed E-state index contributed by atoms with van der Waals surface area (Å²) in [5, 5.41) is 8.53. The minimum atomic E-state index is -0.718. The van der Waals surface area contributed by atoms with Gasteiger partial charge in [-0.2, -0.15) is 0 Å². The van der Waals surface area contributed by atoms with Crippen molar-refractivity contribution in [1.29, 1.82) is 0 Å². The van der Waals surface area contributed by atoms with E-state index in [4.69, 9.17) is 9.47 Å². The molecule has 0 aromatic carbocycles. The average Bonchev–Trinajstić information content (AvgIpc) is 2.64. The normalized spacial score (nSPS) is 17.2. The lowest BCUT2D eigenvalue weighted by Gasteiger charge is -2.42. The van der Waals surface area contributed by atoms with E-state index >= 15 is 0 Å². The molecule has 1 atom stereocenters. The van der Waals surface area contributed by atoms with Crippen molar-refractivity contribution in [3.63, 3.8) is 0 Å². The molecule has 9 nitrogen and oxygen atoms in total. The van der Waals surface area contributed by atoms with E-state index in [1.165, 1.54) is 7.11 Å². The minimum absolute atomic E-state index is 0.0899. The Labute approximate surface area is 161 Å². The standard InChI is InChI=1S/C18H34N4O5/c1-6-19-17(25)22-10-7-18(8-11-22,9-12-26-4)21-16(24)20-14(13(2)3)15(23)27-5/h13-14H,6-12H2,1-5H3,(H,19,25)(H2,20,21,24). The van der Waals surface area contributed by atoms with Gasteiger partial charge in [0.05, 0.1) is 7.11 Å². The zero-order chi connectivity index (χ0) is 20.4. The Morgan fingerprint density at radius 3 is 2.26 bits per heavy atom. The molecule has 0 aromatic rings. The third kappa shape index (κ3) is 6.89. The van der Waals surface area contributed by atoms with Gasteiger partial charge in [-0.1, -0.05) is 13.8 Å². The van der Waals surface area contributed by atoms with Gasteiger partial charge in [0.15, 0.2) is 0 Å². The zero-order valence-corrected chi connectivity index (χ0v) is 17.1. The number of esters is 1. The van der Waals surface area contributed by atoms with Crippen LogP contribution in [-0.2, 0) is 14.3 Å². The van der Waals surface area contributed by atoms with Gasteiger partial charge in [-0.15, -0.1) is 0 Å². The second-order valence-electron chi connectivity index (χ2n) is 7.19. The van der Waals surface area contributed by atoms with Gasteiger partial charge in [0.25, 0.3) is 0 Å². The molecular weight excluding hydrogens is 352 g/mol. The van der Waals surface area contributed by atoms with E-state index in [-0.39, 0.29) is 11.9 Å². The van der Waals surface area contributed by atoms with Gasteiger partial charge in [-0.05, 0) is 32.1 Å². The first kappa shape index (κ1) is 23.0. The largest absolute Gasteiger partial charge is 0.467 e. The molecule has 1 saturated heterocycles. The van der Waals surface area contributed by atoms with E-state index in [1.807, 2.05) is 20.8 Å². The lowest BCUT2D eigenvalue weighted by atomic mass is 9.84. The molecule has 0 aliphatic carbocycles. The maximum atomic E-state index is 12.6. The number of likely N-dealkylation sites (tertiary alicyclic amines) is 1. The molecule has 1 fully saturated rings. The molecule has 1 aliphatic rings. The highest BCUT2D eigenvalue weighted by Gasteiger charge is 2.38. The quantitative estimate of drug-likeness (QED) is 0.541. The van der Waals surface area contributed by atoms with E-state index in [9.17, 15) is 14.4 Å². The summed E-state index contributed by atoms with van der Waals surface area (Å²) in [4.78, 5) is 38.2. The first-order valence-electron chi connectivity index (χ1n) is 9.46. The number of nitrogens with zero attached hydrogens (tertiary/aromatic N) is 1. The van der Waals surface area contributed by atoms with Crippen molar-refractivity contribution >= 4 is 18.0 Å². The lowest BCUT2D eigenvalue weighted by Crippen LogP contribution is -2.61. The highest BCUT2D eigenvalue weighted by Crippen LogP contribution is 2.26. The van der Waals surface area contributed by atoms with Gasteiger partial charge in [0.1, 0.15) is 6.04 Å². The Bertz CT molecular complexity index is 504. The number of carbonyl (C=O) groups is 3. The zero-order valence-electron chi connectivity index (χ0n) is 17.1. The summed E-state index contributed by atoms with van der Waals surface area (Å²) in [6.45, 7) is 7.71. The predicted octanol–water partition coefficient (Wildman–Crippen LogP) is 1.08. The molecule has 1 heterocycles. The third-order valence-electron chi connectivity index (χ3n) is 4.91. The van der Waals surface area contributed by atoms with Gasteiger partial charge in [0, 0.05) is 38.9 Å². The Morgan fingerprint density at radius 1 is 1.15 bits per heavy atom. The molecule has 1 rings (SSSR count). The number of methoxy groups -OCH3 is 2. The van der Waals surface area contributed by atoms with Crippen LogP contribution >= 0.6 is 0 Å². The number of carbonyl (C=O) groups excluding carboxylic acids is 3. The molecule has 27 heavy (non-hydrogen) atoms. The summed E-state index contributed by atoms with van der Waals surface area (Å²) in [7, 11) is 2.91. The van der Waals surface area contributed by atoms with E-state index in [1.54, 1.807) is 12.0 Å². The van der Waals surface area contributed by atoms with Crippen molar-refractivity contribution < 1.29 is 23.9 Å². The van der Waals surface area contributed by atoms with Crippen molar-refractivity contribution in [1.82, 2.24) is 20.9 Å². The topological polar surface area (TPSA) is 109 Å². The molecule has 3 N–H and O–H groups in total. The van der Waals surface area contributed by atoms with Gasteiger partial charge in [-0.3, -0.25) is 0 Å².